The number of amides is 1. The molecule has 1 amide bonds. The fourth-order valence-corrected chi connectivity index (χ4v) is 4.22. The number of benzene rings is 2. The summed E-state index contributed by atoms with van der Waals surface area (Å²) in [4.78, 5) is 16.5. The summed E-state index contributed by atoms with van der Waals surface area (Å²) in [7, 11) is -3.97. The van der Waals surface area contributed by atoms with Gasteiger partial charge in [0.15, 0.2) is 5.17 Å². The smallest absolute Gasteiger partial charge is 0.261 e. The van der Waals surface area contributed by atoms with Gasteiger partial charge in [0.25, 0.3) is 15.9 Å². The zero-order valence-electron chi connectivity index (χ0n) is 13.8. The molecule has 1 heterocycles. The Bertz CT molecular complexity index is 990. The Balaban J connectivity index is 1.87. The maximum Gasteiger partial charge on any atom is 0.261 e. The van der Waals surface area contributed by atoms with E-state index in [2.05, 4.69) is 15.0 Å². The van der Waals surface area contributed by atoms with E-state index >= 15 is 0 Å². The molecule has 1 aliphatic heterocycles. The molecule has 0 aromatic heterocycles. The van der Waals surface area contributed by atoms with Crippen LogP contribution in [-0.2, 0) is 10.0 Å². The van der Waals surface area contributed by atoms with E-state index in [1.54, 1.807) is 12.1 Å². The first-order valence-electron chi connectivity index (χ1n) is 7.73. The van der Waals surface area contributed by atoms with E-state index in [4.69, 9.17) is 0 Å². The molecule has 0 radical (unpaired) electrons. The molecular formula is C17H16FN3O3S2. The lowest BCUT2D eigenvalue weighted by molar-refractivity contribution is 0.0979. The highest BCUT2D eigenvalue weighted by Crippen LogP contribution is 2.22. The lowest BCUT2D eigenvalue weighted by Gasteiger charge is -2.13. The van der Waals surface area contributed by atoms with Crippen LogP contribution in [-0.4, -0.2) is 31.8 Å². The summed E-state index contributed by atoms with van der Waals surface area (Å²) in [5, 5.41) is 3.18. The van der Waals surface area contributed by atoms with Gasteiger partial charge in [-0.3, -0.25) is 14.5 Å². The van der Waals surface area contributed by atoms with E-state index < -0.39 is 21.7 Å². The second kappa shape index (κ2) is 7.46. The van der Waals surface area contributed by atoms with Crippen molar-refractivity contribution in [2.45, 2.75) is 11.8 Å². The summed E-state index contributed by atoms with van der Waals surface area (Å²) in [5.41, 5.74) is 0.524. The highest BCUT2D eigenvalue weighted by molar-refractivity contribution is 8.14. The molecule has 0 atom stereocenters. The van der Waals surface area contributed by atoms with Crippen LogP contribution < -0.4 is 10.0 Å². The van der Waals surface area contributed by atoms with Gasteiger partial charge >= 0.3 is 0 Å². The normalized spacial score (nSPS) is 14.0. The van der Waals surface area contributed by atoms with Crippen molar-refractivity contribution in [1.29, 1.82) is 0 Å². The summed E-state index contributed by atoms with van der Waals surface area (Å²) in [5.74, 6) is -0.140. The molecule has 0 aliphatic carbocycles. The molecule has 9 heteroatoms. The average Bonchev–Trinajstić information content (AvgIpc) is 3.10. The van der Waals surface area contributed by atoms with Gasteiger partial charge in [0.1, 0.15) is 5.82 Å². The van der Waals surface area contributed by atoms with Gasteiger partial charge in [-0.1, -0.05) is 23.9 Å². The number of carbonyl (C=O) groups is 1. The van der Waals surface area contributed by atoms with Gasteiger partial charge < -0.3 is 5.32 Å². The molecule has 136 valence electrons. The minimum atomic E-state index is -3.97. The SMILES string of the molecule is Cc1cc(S(=O)(=O)Nc2ccccc2C(=O)NC2=NCCS2)ccc1F. The number of amidine groups is 1. The minimum absolute atomic E-state index is 0.0812. The van der Waals surface area contributed by atoms with Crippen molar-refractivity contribution < 1.29 is 17.6 Å². The number of carbonyl (C=O) groups excluding carboxylic acids is 1. The number of aryl methyl sites for hydroxylation is 1. The molecule has 0 bridgehead atoms. The van der Waals surface area contributed by atoms with E-state index in [1.807, 2.05) is 0 Å². The number of nitrogens with one attached hydrogen (secondary N) is 2. The molecule has 0 fully saturated rings. The Labute approximate surface area is 155 Å². The molecule has 3 rings (SSSR count). The number of aliphatic imine (C=N–C) groups is 1. The van der Waals surface area contributed by atoms with Crippen LogP contribution in [0.1, 0.15) is 15.9 Å². The maximum atomic E-state index is 13.4. The lowest BCUT2D eigenvalue weighted by Crippen LogP contribution is -2.28. The Kier molecular flexibility index (Phi) is 5.28. The van der Waals surface area contributed by atoms with Crippen LogP contribution in [0.15, 0.2) is 52.4 Å². The highest BCUT2D eigenvalue weighted by atomic mass is 32.2. The molecule has 0 saturated carbocycles. The summed E-state index contributed by atoms with van der Waals surface area (Å²) in [6.07, 6.45) is 0. The lowest BCUT2D eigenvalue weighted by atomic mass is 10.2. The fourth-order valence-electron chi connectivity index (χ4n) is 2.33. The van der Waals surface area contributed by atoms with E-state index in [-0.39, 0.29) is 21.7 Å². The van der Waals surface area contributed by atoms with Crippen molar-refractivity contribution in [1.82, 2.24) is 5.32 Å². The van der Waals surface area contributed by atoms with Crippen LogP contribution in [0.25, 0.3) is 0 Å². The van der Waals surface area contributed by atoms with Crippen LogP contribution >= 0.6 is 11.8 Å². The highest BCUT2D eigenvalue weighted by Gasteiger charge is 2.20. The van der Waals surface area contributed by atoms with E-state index in [0.717, 1.165) is 11.8 Å². The van der Waals surface area contributed by atoms with Crippen LogP contribution in [0, 0.1) is 12.7 Å². The first-order chi connectivity index (χ1) is 12.4. The third-order valence-electron chi connectivity index (χ3n) is 3.66. The first-order valence-corrected chi connectivity index (χ1v) is 10.2. The number of sulfonamides is 1. The molecule has 26 heavy (non-hydrogen) atoms. The minimum Gasteiger partial charge on any atom is -0.301 e. The molecule has 0 saturated heterocycles. The maximum absolute atomic E-state index is 13.4. The van der Waals surface area contributed by atoms with Crippen molar-refractivity contribution >= 4 is 38.5 Å². The Hall–Kier alpha value is -2.39. The predicted molar refractivity (Wildman–Crippen MR) is 101 cm³/mol. The van der Waals surface area contributed by atoms with Crippen LogP contribution in [0.2, 0.25) is 0 Å². The number of anilines is 1. The Morgan fingerprint density at radius 2 is 2.00 bits per heavy atom. The van der Waals surface area contributed by atoms with Gasteiger partial charge in [0, 0.05) is 5.75 Å². The number of nitrogens with zero attached hydrogens (tertiary/aromatic N) is 1. The standard InChI is InChI=1S/C17H16FN3O3S2/c1-11-10-12(6-7-14(11)18)26(23,24)21-15-5-3-2-4-13(15)16(22)20-17-19-8-9-25-17/h2-7,10,21H,8-9H2,1H3,(H,19,20,22). The van der Waals surface area contributed by atoms with E-state index in [0.29, 0.717) is 11.7 Å². The topological polar surface area (TPSA) is 87.6 Å². The van der Waals surface area contributed by atoms with Gasteiger partial charge in [-0.25, -0.2) is 12.8 Å². The number of halogens is 1. The molecule has 2 N–H and O–H groups in total. The van der Waals surface area contributed by atoms with Crippen LogP contribution in [0.4, 0.5) is 10.1 Å². The van der Waals surface area contributed by atoms with Gasteiger partial charge in [-0.15, -0.1) is 0 Å². The molecular weight excluding hydrogens is 377 g/mol. The summed E-state index contributed by atoms with van der Waals surface area (Å²) in [6.45, 7) is 2.12. The third-order valence-corrected chi connectivity index (χ3v) is 5.92. The van der Waals surface area contributed by atoms with Crippen molar-refractivity contribution in [2.24, 2.45) is 4.99 Å². The Morgan fingerprint density at radius 3 is 2.69 bits per heavy atom. The summed E-state index contributed by atoms with van der Waals surface area (Å²) in [6, 6.07) is 9.78. The Morgan fingerprint density at radius 1 is 1.23 bits per heavy atom. The number of hydrogen-bond donors (Lipinski definition) is 2. The van der Waals surface area contributed by atoms with Gasteiger partial charge in [-0.05, 0) is 42.8 Å². The number of rotatable bonds is 4. The fraction of sp³-hybridized carbons (Fsp3) is 0.176. The molecule has 6 nitrogen and oxygen atoms in total. The summed E-state index contributed by atoms with van der Waals surface area (Å²) < 4.78 is 41.0. The first kappa shape index (κ1) is 18.4. The molecule has 1 aliphatic rings. The number of thioether (sulfide) groups is 1. The third kappa shape index (κ3) is 4.05. The van der Waals surface area contributed by atoms with Crippen molar-refractivity contribution in [3.05, 3.63) is 59.4 Å². The van der Waals surface area contributed by atoms with Crippen molar-refractivity contribution in [3.8, 4) is 0 Å². The summed E-state index contributed by atoms with van der Waals surface area (Å²) >= 11 is 1.43. The van der Waals surface area contributed by atoms with Gasteiger partial charge in [-0.2, -0.15) is 0 Å². The van der Waals surface area contributed by atoms with Crippen LogP contribution in [0.3, 0.4) is 0 Å². The zero-order valence-corrected chi connectivity index (χ0v) is 15.5. The number of para-hydroxylation sites is 1. The predicted octanol–water partition coefficient (Wildman–Crippen LogP) is 2.77. The van der Waals surface area contributed by atoms with Gasteiger partial charge in [0.2, 0.25) is 0 Å². The molecule has 0 spiro atoms. The van der Waals surface area contributed by atoms with Gasteiger partial charge in [0.05, 0.1) is 22.7 Å². The molecule has 2 aromatic rings. The quantitative estimate of drug-likeness (QED) is 0.836. The van der Waals surface area contributed by atoms with Crippen molar-refractivity contribution in [3.63, 3.8) is 0 Å². The second-order valence-corrected chi connectivity index (χ2v) is 8.32. The average molecular weight is 393 g/mol. The second-order valence-electron chi connectivity index (χ2n) is 5.55. The van der Waals surface area contributed by atoms with E-state index in [1.165, 1.54) is 43.0 Å². The monoisotopic (exact) mass is 393 g/mol. The molecule has 0 unspecified atom stereocenters. The molecule has 2 aromatic carbocycles. The number of hydrogen-bond acceptors (Lipinski definition) is 5. The van der Waals surface area contributed by atoms with Crippen molar-refractivity contribution in [2.75, 3.05) is 17.0 Å². The zero-order chi connectivity index (χ0) is 18.7. The van der Waals surface area contributed by atoms with E-state index in [9.17, 15) is 17.6 Å². The van der Waals surface area contributed by atoms with Crippen LogP contribution in [0.5, 0.6) is 0 Å². The largest absolute Gasteiger partial charge is 0.301 e.